The van der Waals surface area contributed by atoms with E-state index in [0.717, 1.165) is 19.3 Å². The summed E-state index contributed by atoms with van der Waals surface area (Å²) in [4.78, 5) is 12.1. The Morgan fingerprint density at radius 1 is 1.17 bits per heavy atom. The number of hydrogen-bond acceptors (Lipinski definition) is 1. The molecule has 1 fully saturated rings. The van der Waals surface area contributed by atoms with Crippen molar-refractivity contribution in [2.24, 2.45) is 17.8 Å². The Morgan fingerprint density at radius 3 is 2.22 bits per heavy atom. The van der Waals surface area contributed by atoms with Crippen LogP contribution < -0.4 is 0 Å². The lowest BCUT2D eigenvalue weighted by molar-refractivity contribution is -0.197. The molecule has 2 unspecified atom stereocenters. The average Bonchev–Trinajstić information content (AvgIpc) is 2.34. The van der Waals surface area contributed by atoms with Crippen molar-refractivity contribution in [3.05, 3.63) is 0 Å². The van der Waals surface area contributed by atoms with Crippen LogP contribution in [0.4, 0.5) is 13.2 Å². The predicted molar refractivity (Wildman–Crippen MR) is 65.2 cm³/mol. The molecule has 4 heteroatoms. The van der Waals surface area contributed by atoms with Crippen LogP contribution in [0.25, 0.3) is 0 Å². The molecule has 0 aliphatic heterocycles. The van der Waals surface area contributed by atoms with Gasteiger partial charge in [0.2, 0.25) is 0 Å². The monoisotopic (exact) mass is 264 g/mol. The summed E-state index contributed by atoms with van der Waals surface area (Å²) in [6.07, 6.45) is -0.257. The minimum absolute atomic E-state index is 0.128. The second-order valence-corrected chi connectivity index (χ2v) is 5.39. The summed E-state index contributed by atoms with van der Waals surface area (Å²) in [6, 6.07) is 0. The number of alkyl halides is 3. The van der Waals surface area contributed by atoms with Gasteiger partial charge in [0.1, 0.15) is 5.78 Å². The van der Waals surface area contributed by atoms with E-state index in [-0.39, 0.29) is 18.1 Å². The van der Waals surface area contributed by atoms with E-state index in [4.69, 9.17) is 0 Å². The maximum absolute atomic E-state index is 12.9. The molecule has 0 saturated heterocycles. The van der Waals surface area contributed by atoms with Gasteiger partial charge in [-0.25, -0.2) is 0 Å². The minimum Gasteiger partial charge on any atom is -0.299 e. The third-order valence-corrected chi connectivity index (χ3v) is 4.24. The van der Waals surface area contributed by atoms with E-state index in [1.54, 1.807) is 0 Å². The smallest absolute Gasteiger partial charge is 0.299 e. The van der Waals surface area contributed by atoms with Gasteiger partial charge in [0.15, 0.2) is 0 Å². The molecule has 0 N–H and O–H groups in total. The molecule has 0 bridgehead atoms. The number of rotatable bonds is 5. The highest BCUT2D eigenvalue weighted by Crippen LogP contribution is 2.42. The lowest BCUT2D eigenvalue weighted by atomic mass is 9.74. The average molecular weight is 264 g/mol. The van der Waals surface area contributed by atoms with Crippen LogP contribution in [0.3, 0.4) is 0 Å². The molecule has 0 spiro atoms. The standard InChI is InChI=1S/C14H23F3O/c1-3-10(4-2)9-13(18)11-7-5-6-8-12(11)14(15,16)17/h10-12H,3-9H2,1-2H3. The third-order valence-electron chi connectivity index (χ3n) is 4.24. The van der Waals surface area contributed by atoms with Crippen molar-refractivity contribution in [2.75, 3.05) is 0 Å². The van der Waals surface area contributed by atoms with Crippen molar-refractivity contribution >= 4 is 5.78 Å². The fourth-order valence-electron chi connectivity index (χ4n) is 2.92. The molecule has 1 nitrogen and oxygen atoms in total. The molecule has 0 aromatic carbocycles. The summed E-state index contributed by atoms with van der Waals surface area (Å²) in [7, 11) is 0. The first kappa shape index (κ1) is 15.5. The normalized spacial score (nSPS) is 25.4. The van der Waals surface area contributed by atoms with Crippen LogP contribution in [0.15, 0.2) is 0 Å². The topological polar surface area (TPSA) is 17.1 Å². The summed E-state index contributed by atoms with van der Waals surface area (Å²) < 4.78 is 38.7. The van der Waals surface area contributed by atoms with Crippen molar-refractivity contribution in [1.82, 2.24) is 0 Å². The van der Waals surface area contributed by atoms with Gasteiger partial charge in [-0.2, -0.15) is 13.2 Å². The van der Waals surface area contributed by atoms with Crippen molar-refractivity contribution in [2.45, 2.75) is 65.0 Å². The Balaban J connectivity index is 2.68. The second kappa shape index (κ2) is 6.58. The Kier molecular flexibility index (Phi) is 5.67. The fraction of sp³-hybridized carbons (Fsp3) is 0.929. The van der Waals surface area contributed by atoms with Crippen LogP contribution in [0, 0.1) is 17.8 Å². The van der Waals surface area contributed by atoms with E-state index in [0.29, 0.717) is 19.3 Å². The van der Waals surface area contributed by atoms with Gasteiger partial charge in [0.25, 0.3) is 0 Å². The number of ketones is 1. The molecule has 1 rings (SSSR count). The molecule has 2 atom stereocenters. The molecule has 1 saturated carbocycles. The zero-order valence-corrected chi connectivity index (χ0v) is 11.2. The molecule has 0 aromatic rings. The molecule has 18 heavy (non-hydrogen) atoms. The summed E-state index contributed by atoms with van der Waals surface area (Å²) in [5, 5.41) is 0. The van der Waals surface area contributed by atoms with Gasteiger partial charge in [-0.1, -0.05) is 39.5 Å². The highest BCUT2D eigenvalue weighted by atomic mass is 19.4. The fourth-order valence-corrected chi connectivity index (χ4v) is 2.92. The largest absolute Gasteiger partial charge is 0.392 e. The van der Waals surface area contributed by atoms with E-state index in [1.165, 1.54) is 0 Å². The molecular weight excluding hydrogens is 241 g/mol. The van der Waals surface area contributed by atoms with Crippen molar-refractivity contribution in [3.8, 4) is 0 Å². The number of carbonyl (C=O) groups is 1. The van der Waals surface area contributed by atoms with E-state index in [2.05, 4.69) is 0 Å². The maximum Gasteiger partial charge on any atom is 0.392 e. The molecule has 1 aliphatic rings. The van der Waals surface area contributed by atoms with Gasteiger partial charge >= 0.3 is 6.18 Å². The number of Topliss-reactive ketones (excluding diaryl/α,β-unsaturated/α-hetero) is 1. The van der Waals surface area contributed by atoms with Crippen molar-refractivity contribution in [1.29, 1.82) is 0 Å². The van der Waals surface area contributed by atoms with E-state index >= 15 is 0 Å². The van der Waals surface area contributed by atoms with E-state index in [9.17, 15) is 18.0 Å². The number of hydrogen-bond donors (Lipinski definition) is 0. The van der Waals surface area contributed by atoms with Gasteiger partial charge in [-0.3, -0.25) is 4.79 Å². The Morgan fingerprint density at radius 2 is 1.72 bits per heavy atom. The SMILES string of the molecule is CCC(CC)CC(=O)C1CCCCC1C(F)(F)F. The Hall–Kier alpha value is -0.540. The van der Waals surface area contributed by atoms with Crippen LogP contribution in [0.2, 0.25) is 0 Å². The summed E-state index contributed by atoms with van der Waals surface area (Å²) in [6.45, 7) is 3.98. The molecule has 0 amide bonds. The second-order valence-electron chi connectivity index (χ2n) is 5.39. The van der Waals surface area contributed by atoms with Crippen LogP contribution >= 0.6 is 0 Å². The van der Waals surface area contributed by atoms with Crippen LogP contribution in [0.1, 0.15) is 58.8 Å². The molecule has 1 aliphatic carbocycles. The summed E-state index contributed by atoms with van der Waals surface area (Å²) >= 11 is 0. The van der Waals surface area contributed by atoms with E-state index in [1.807, 2.05) is 13.8 Å². The van der Waals surface area contributed by atoms with Gasteiger partial charge in [-0.05, 0) is 18.8 Å². The first-order chi connectivity index (χ1) is 8.40. The van der Waals surface area contributed by atoms with Gasteiger partial charge in [0.05, 0.1) is 5.92 Å². The van der Waals surface area contributed by atoms with Crippen LogP contribution in [0.5, 0.6) is 0 Å². The highest BCUT2D eigenvalue weighted by molar-refractivity contribution is 5.81. The number of carbonyl (C=O) groups excluding carboxylic acids is 1. The van der Waals surface area contributed by atoms with Gasteiger partial charge in [0, 0.05) is 12.3 Å². The van der Waals surface area contributed by atoms with Crippen molar-refractivity contribution < 1.29 is 18.0 Å². The van der Waals surface area contributed by atoms with Gasteiger partial charge < -0.3 is 0 Å². The third kappa shape index (κ3) is 3.99. The van der Waals surface area contributed by atoms with Gasteiger partial charge in [-0.15, -0.1) is 0 Å². The van der Waals surface area contributed by atoms with E-state index < -0.39 is 18.0 Å². The number of halogens is 3. The molecule has 0 radical (unpaired) electrons. The minimum atomic E-state index is -4.21. The van der Waals surface area contributed by atoms with Crippen LogP contribution in [-0.2, 0) is 4.79 Å². The first-order valence-corrected chi connectivity index (χ1v) is 6.99. The molecule has 0 aromatic heterocycles. The quantitative estimate of drug-likeness (QED) is 0.700. The van der Waals surface area contributed by atoms with Crippen molar-refractivity contribution in [3.63, 3.8) is 0 Å². The zero-order chi connectivity index (χ0) is 13.8. The summed E-state index contributed by atoms with van der Waals surface area (Å²) in [5.41, 5.74) is 0. The Labute approximate surface area is 107 Å². The Bertz CT molecular complexity index is 269. The molecule has 0 heterocycles. The highest BCUT2D eigenvalue weighted by Gasteiger charge is 2.47. The summed E-state index contributed by atoms with van der Waals surface area (Å²) in [5.74, 6) is -2.09. The lowest BCUT2D eigenvalue weighted by Crippen LogP contribution is -2.37. The lowest BCUT2D eigenvalue weighted by Gasteiger charge is -2.32. The maximum atomic E-state index is 12.9. The molecule has 106 valence electrons. The van der Waals surface area contributed by atoms with Crippen LogP contribution in [-0.4, -0.2) is 12.0 Å². The molecular formula is C14H23F3O. The zero-order valence-electron chi connectivity index (χ0n) is 11.2. The predicted octanol–water partition coefficient (Wildman–Crippen LogP) is 4.75. The first-order valence-electron chi connectivity index (χ1n) is 6.99.